The third-order valence-electron chi connectivity index (χ3n) is 4.65. The molecule has 1 amide bonds. The highest BCUT2D eigenvalue weighted by molar-refractivity contribution is 6.02. The lowest BCUT2D eigenvalue weighted by molar-refractivity contribution is 0.102. The van der Waals surface area contributed by atoms with Gasteiger partial charge in [-0.2, -0.15) is 5.10 Å². The van der Waals surface area contributed by atoms with Crippen molar-refractivity contribution in [2.24, 2.45) is 0 Å². The molecule has 0 atom stereocenters. The summed E-state index contributed by atoms with van der Waals surface area (Å²) < 4.78 is 6.42. The van der Waals surface area contributed by atoms with Crippen molar-refractivity contribution in [2.75, 3.05) is 12.4 Å². The maximum Gasteiger partial charge on any atom is 0.276 e. The number of fused-ring (bicyclic) bond motifs is 1. The second-order valence-corrected chi connectivity index (χ2v) is 6.54. The summed E-state index contributed by atoms with van der Waals surface area (Å²) in [7, 11) is 1.58. The van der Waals surface area contributed by atoms with Crippen LogP contribution in [0.3, 0.4) is 0 Å². The summed E-state index contributed by atoms with van der Waals surface area (Å²) in [6, 6.07) is 23.7. The number of hydrogen-bond donors (Lipinski definition) is 1. The van der Waals surface area contributed by atoms with Crippen LogP contribution in [0, 0.1) is 0 Å². The Morgan fingerprint density at radius 1 is 0.966 bits per heavy atom. The molecular weight excluding hydrogens is 366 g/mol. The van der Waals surface area contributed by atoms with Gasteiger partial charge < -0.3 is 10.1 Å². The number of anilines is 1. The molecule has 4 rings (SSSR count). The average molecular weight is 385 g/mol. The van der Waals surface area contributed by atoms with E-state index in [0.29, 0.717) is 11.4 Å². The summed E-state index contributed by atoms with van der Waals surface area (Å²) in [6.45, 7) is 0.282. The highest BCUT2D eigenvalue weighted by Crippen LogP contribution is 2.19. The molecule has 1 heterocycles. The van der Waals surface area contributed by atoms with Crippen LogP contribution in [0.2, 0.25) is 0 Å². The van der Waals surface area contributed by atoms with Gasteiger partial charge in [-0.05, 0) is 46.7 Å². The fraction of sp³-hybridized carbons (Fsp3) is 0.0870. The van der Waals surface area contributed by atoms with Crippen molar-refractivity contribution in [1.29, 1.82) is 0 Å². The molecule has 0 unspecified atom stereocenters. The van der Waals surface area contributed by atoms with Crippen molar-refractivity contribution in [2.45, 2.75) is 6.54 Å². The topological polar surface area (TPSA) is 73.2 Å². The van der Waals surface area contributed by atoms with Crippen molar-refractivity contribution >= 4 is 22.4 Å². The molecule has 0 saturated heterocycles. The minimum Gasteiger partial charge on any atom is -0.497 e. The maximum atomic E-state index is 12.6. The standard InChI is InChI=1S/C23H19N3O3/c1-29-19-11-9-18(10-12-19)24-23(28)21-13-14-22(27)26(25-21)15-17-7-4-6-16-5-2-3-8-20(16)17/h2-14H,15H2,1H3,(H,24,28). The fourth-order valence-electron chi connectivity index (χ4n) is 3.14. The summed E-state index contributed by atoms with van der Waals surface area (Å²) in [5, 5.41) is 9.19. The van der Waals surface area contributed by atoms with E-state index in [9.17, 15) is 9.59 Å². The third kappa shape index (κ3) is 4.01. The molecular formula is C23H19N3O3. The van der Waals surface area contributed by atoms with Gasteiger partial charge >= 0.3 is 0 Å². The highest BCUT2D eigenvalue weighted by atomic mass is 16.5. The van der Waals surface area contributed by atoms with Gasteiger partial charge in [0.1, 0.15) is 11.4 Å². The molecule has 144 valence electrons. The molecule has 0 saturated carbocycles. The van der Waals surface area contributed by atoms with E-state index in [-0.39, 0.29) is 23.7 Å². The first-order valence-electron chi connectivity index (χ1n) is 9.14. The number of hydrogen-bond acceptors (Lipinski definition) is 4. The van der Waals surface area contributed by atoms with Crippen LogP contribution in [0.4, 0.5) is 5.69 Å². The van der Waals surface area contributed by atoms with Gasteiger partial charge in [-0.1, -0.05) is 42.5 Å². The molecule has 0 aliphatic carbocycles. The second-order valence-electron chi connectivity index (χ2n) is 6.54. The van der Waals surface area contributed by atoms with Gasteiger partial charge in [0, 0.05) is 11.8 Å². The predicted molar refractivity (Wildman–Crippen MR) is 112 cm³/mol. The number of aromatic nitrogens is 2. The number of carbonyl (C=O) groups is 1. The van der Waals surface area contributed by atoms with Gasteiger partial charge in [0.15, 0.2) is 0 Å². The molecule has 6 nitrogen and oxygen atoms in total. The molecule has 29 heavy (non-hydrogen) atoms. The third-order valence-corrected chi connectivity index (χ3v) is 4.65. The minimum absolute atomic E-state index is 0.167. The summed E-state index contributed by atoms with van der Waals surface area (Å²) in [6.07, 6.45) is 0. The quantitative estimate of drug-likeness (QED) is 0.568. The molecule has 1 aromatic heterocycles. The largest absolute Gasteiger partial charge is 0.497 e. The second kappa shape index (κ2) is 7.98. The lowest BCUT2D eigenvalue weighted by atomic mass is 10.0. The SMILES string of the molecule is COc1ccc(NC(=O)c2ccc(=O)n(Cc3cccc4ccccc34)n2)cc1. The Morgan fingerprint density at radius 2 is 1.72 bits per heavy atom. The van der Waals surface area contributed by atoms with Crippen molar-refractivity contribution in [3.05, 3.63) is 100 Å². The van der Waals surface area contributed by atoms with Crippen LogP contribution in [0.5, 0.6) is 5.75 Å². The van der Waals surface area contributed by atoms with Crippen LogP contribution in [0.25, 0.3) is 10.8 Å². The van der Waals surface area contributed by atoms with Crippen LogP contribution >= 0.6 is 0 Å². The maximum absolute atomic E-state index is 12.6. The van der Waals surface area contributed by atoms with E-state index in [0.717, 1.165) is 16.3 Å². The Hall–Kier alpha value is -3.93. The summed E-state index contributed by atoms with van der Waals surface area (Å²) in [5.41, 5.74) is 1.48. The molecule has 0 spiro atoms. The van der Waals surface area contributed by atoms with E-state index in [4.69, 9.17) is 4.74 Å². The number of amides is 1. The van der Waals surface area contributed by atoms with Gasteiger partial charge in [-0.3, -0.25) is 9.59 Å². The molecule has 6 heteroatoms. The zero-order valence-electron chi connectivity index (χ0n) is 15.8. The Morgan fingerprint density at radius 3 is 2.52 bits per heavy atom. The molecule has 0 fully saturated rings. The van der Waals surface area contributed by atoms with E-state index < -0.39 is 0 Å². The van der Waals surface area contributed by atoms with E-state index in [1.165, 1.54) is 16.8 Å². The smallest absolute Gasteiger partial charge is 0.276 e. The van der Waals surface area contributed by atoms with Crippen LogP contribution in [0.15, 0.2) is 83.7 Å². The number of nitrogens with one attached hydrogen (secondary N) is 1. The van der Waals surface area contributed by atoms with Gasteiger partial charge in [0.05, 0.1) is 13.7 Å². The van der Waals surface area contributed by atoms with Crippen LogP contribution in [-0.2, 0) is 6.54 Å². The first-order chi connectivity index (χ1) is 14.1. The van der Waals surface area contributed by atoms with E-state index in [1.54, 1.807) is 31.4 Å². The molecule has 0 bridgehead atoms. The Balaban J connectivity index is 1.60. The Labute approximate surface area is 167 Å². The number of ether oxygens (including phenoxy) is 1. The zero-order chi connectivity index (χ0) is 20.2. The monoisotopic (exact) mass is 385 g/mol. The van der Waals surface area contributed by atoms with Crippen molar-refractivity contribution in [3.8, 4) is 5.75 Å². The number of nitrogens with zero attached hydrogens (tertiary/aromatic N) is 2. The molecule has 0 radical (unpaired) electrons. The average Bonchev–Trinajstić information content (AvgIpc) is 2.76. The lowest BCUT2D eigenvalue weighted by Crippen LogP contribution is -2.26. The normalized spacial score (nSPS) is 10.7. The van der Waals surface area contributed by atoms with Gasteiger partial charge in [-0.25, -0.2) is 4.68 Å². The fourth-order valence-corrected chi connectivity index (χ4v) is 3.14. The molecule has 1 N–H and O–H groups in total. The molecule has 3 aromatic carbocycles. The number of carbonyl (C=O) groups excluding carboxylic acids is 1. The van der Waals surface area contributed by atoms with Crippen molar-refractivity contribution in [1.82, 2.24) is 9.78 Å². The van der Waals surface area contributed by atoms with Crippen molar-refractivity contribution < 1.29 is 9.53 Å². The van der Waals surface area contributed by atoms with E-state index >= 15 is 0 Å². The molecule has 0 aliphatic heterocycles. The first kappa shape index (κ1) is 18.4. The Bertz CT molecular complexity index is 1220. The predicted octanol–water partition coefficient (Wildman–Crippen LogP) is 3.71. The van der Waals surface area contributed by atoms with E-state index in [2.05, 4.69) is 10.4 Å². The van der Waals surface area contributed by atoms with Crippen molar-refractivity contribution in [3.63, 3.8) is 0 Å². The lowest BCUT2D eigenvalue weighted by Gasteiger charge is -2.10. The summed E-state index contributed by atoms with van der Waals surface area (Å²) in [4.78, 5) is 24.9. The first-order valence-corrected chi connectivity index (χ1v) is 9.14. The Kier molecular flexibility index (Phi) is 5.07. The summed E-state index contributed by atoms with van der Waals surface area (Å²) >= 11 is 0. The number of rotatable bonds is 5. The van der Waals surface area contributed by atoms with Gasteiger partial charge in [-0.15, -0.1) is 0 Å². The van der Waals surface area contributed by atoms with E-state index in [1.807, 2.05) is 42.5 Å². The molecule has 4 aromatic rings. The molecule has 0 aliphatic rings. The summed E-state index contributed by atoms with van der Waals surface area (Å²) in [5.74, 6) is 0.312. The van der Waals surface area contributed by atoms with Gasteiger partial charge in [0.2, 0.25) is 0 Å². The van der Waals surface area contributed by atoms with Gasteiger partial charge in [0.25, 0.3) is 11.5 Å². The number of benzene rings is 3. The minimum atomic E-state index is -0.387. The highest BCUT2D eigenvalue weighted by Gasteiger charge is 2.11. The van der Waals surface area contributed by atoms with Crippen LogP contribution in [0.1, 0.15) is 16.1 Å². The zero-order valence-corrected chi connectivity index (χ0v) is 15.8. The van der Waals surface area contributed by atoms with Crippen LogP contribution in [-0.4, -0.2) is 22.8 Å². The number of methoxy groups -OCH3 is 1. The van der Waals surface area contributed by atoms with Crippen LogP contribution < -0.4 is 15.6 Å².